The highest BCUT2D eigenvalue weighted by molar-refractivity contribution is 5.79. The molecule has 110 valence electrons. The predicted octanol–water partition coefficient (Wildman–Crippen LogP) is 1.05. The zero-order chi connectivity index (χ0) is 15.0. The van der Waals surface area contributed by atoms with Gasteiger partial charge in [-0.25, -0.2) is 4.79 Å². The first-order valence-corrected chi connectivity index (χ1v) is 7.02. The molecular formula is C15H16N2O4. The molecule has 6 heteroatoms. The van der Waals surface area contributed by atoms with Crippen LogP contribution in [0.5, 0.6) is 0 Å². The van der Waals surface area contributed by atoms with E-state index in [0.717, 1.165) is 23.8 Å². The molecule has 21 heavy (non-hydrogen) atoms. The van der Waals surface area contributed by atoms with Crippen molar-refractivity contribution in [3.8, 4) is 0 Å². The first kappa shape index (κ1) is 13.6. The van der Waals surface area contributed by atoms with Crippen LogP contribution in [0.25, 0.3) is 10.9 Å². The fourth-order valence-corrected chi connectivity index (χ4v) is 2.57. The maximum Gasteiger partial charge on any atom is 0.332 e. The average molecular weight is 288 g/mol. The van der Waals surface area contributed by atoms with Crippen molar-refractivity contribution in [1.82, 2.24) is 9.13 Å². The van der Waals surface area contributed by atoms with E-state index in [4.69, 9.17) is 5.11 Å². The minimum atomic E-state index is -1.10. The van der Waals surface area contributed by atoms with Crippen LogP contribution in [0.2, 0.25) is 0 Å². The van der Waals surface area contributed by atoms with Gasteiger partial charge in [0.25, 0.3) is 5.56 Å². The van der Waals surface area contributed by atoms with Gasteiger partial charge in [-0.15, -0.1) is 0 Å². The van der Waals surface area contributed by atoms with Crippen LogP contribution >= 0.6 is 0 Å². The molecular weight excluding hydrogens is 272 g/mol. The number of rotatable bonds is 5. The lowest BCUT2D eigenvalue weighted by atomic mass is 10.2. The Morgan fingerprint density at radius 1 is 1.19 bits per heavy atom. The monoisotopic (exact) mass is 288 g/mol. The van der Waals surface area contributed by atoms with Gasteiger partial charge >= 0.3 is 11.7 Å². The summed E-state index contributed by atoms with van der Waals surface area (Å²) in [4.78, 5) is 35.8. The molecule has 0 atom stereocenters. The molecule has 3 rings (SSSR count). The second-order valence-corrected chi connectivity index (χ2v) is 5.47. The Hall–Kier alpha value is -2.37. The number of benzene rings is 1. The highest BCUT2D eigenvalue weighted by Gasteiger charge is 2.22. The maximum absolute atomic E-state index is 12.4. The smallest absolute Gasteiger partial charge is 0.332 e. The second kappa shape index (κ2) is 5.20. The Morgan fingerprint density at radius 2 is 1.90 bits per heavy atom. The number of para-hydroxylation sites is 1. The van der Waals surface area contributed by atoms with Gasteiger partial charge in [-0.1, -0.05) is 25.0 Å². The lowest BCUT2D eigenvalue weighted by Gasteiger charge is -2.12. The van der Waals surface area contributed by atoms with Crippen molar-refractivity contribution in [2.75, 3.05) is 0 Å². The number of carboxylic acids is 1. The standard InChI is InChI=1S/C15H16N2O4/c18-13(19)9-17-12-4-2-1-3-11(12)14(20)16(15(17)21)8-7-10-5-6-10/h1-4,10H,5-9H2,(H,18,19). The summed E-state index contributed by atoms with van der Waals surface area (Å²) in [6.45, 7) is -0.0875. The van der Waals surface area contributed by atoms with Crippen LogP contribution in [-0.4, -0.2) is 20.2 Å². The van der Waals surface area contributed by atoms with E-state index in [1.54, 1.807) is 24.3 Å². The van der Waals surface area contributed by atoms with E-state index in [0.29, 0.717) is 23.4 Å². The van der Waals surface area contributed by atoms with Crippen LogP contribution in [-0.2, 0) is 17.9 Å². The van der Waals surface area contributed by atoms with Gasteiger partial charge in [0.2, 0.25) is 0 Å². The summed E-state index contributed by atoms with van der Waals surface area (Å²) >= 11 is 0. The molecule has 0 spiro atoms. The van der Waals surface area contributed by atoms with Crippen LogP contribution in [0, 0.1) is 5.92 Å². The molecule has 0 unspecified atom stereocenters. The summed E-state index contributed by atoms with van der Waals surface area (Å²) in [5, 5.41) is 9.38. The molecule has 0 saturated heterocycles. The minimum Gasteiger partial charge on any atom is -0.480 e. The molecule has 0 aliphatic heterocycles. The Kier molecular flexibility index (Phi) is 3.37. The Balaban J connectivity index is 2.19. The SMILES string of the molecule is O=C(O)Cn1c(=O)n(CCC2CC2)c(=O)c2ccccc21. The van der Waals surface area contributed by atoms with Crippen molar-refractivity contribution in [3.63, 3.8) is 0 Å². The summed E-state index contributed by atoms with van der Waals surface area (Å²) in [6, 6.07) is 6.63. The van der Waals surface area contributed by atoms with E-state index in [-0.39, 0.29) is 5.56 Å². The highest BCUT2D eigenvalue weighted by Crippen LogP contribution is 2.32. The van der Waals surface area contributed by atoms with Crippen LogP contribution in [0.15, 0.2) is 33.9 Å². The topological polar surface area (TPSA) is 81.3 Å². The number of hydrogen-bond acceptors (Lipinski definition) is 3. The van der Waals surface area contributed by atoms with Crippen molar-refractivity contribution < 1.29 is 9.90 Å². The largest absolute Gasteiger partial charge is 0.480 e. The van der Waals surface area contributed by atoms with Crippen LogP contribution in [0.4, 0.5) is 0 Å². The maximum atomic E-state index is 12.4. The average Bonchev–Trinajstić information content (AvgIpc) is 3.27. The molecule has 1 aromatic heterocycles. The molecule has 2 aromatic rings. The van der Waals surface area contributed by atoms with Gasteiger partial charge in [0.1, 0.15) is 6.54 Å². The number of carbonyl (C=O) groups is 1. The Morgan fingerprint density at radius 3 is 2.57 bits per heavy atom. The quantitative estimate of drug-likeness (QED) is 0.891. The molecule has 0 radical (unpaired) electrons. The zero-order valence-corrected chi connectivity index (χ0v) is 11.5. The summed E-state index contributed by atoms with van der Waals surface area (Å²) in [5.74, 6) is -0.509. The van der Waals surface area contributed by atoms with Crippen molar-refractivity contribution in [2.45, 2.75) is 32.4 Å². The number of fused-ring (bicyclic) bond motifs is 1. The van der Waals surface area contributed by atoms with Crippen molar-refractivity contribution in [3.05, 3.63) is 45.1 Å². The number of carboxylic acid groups (broad SMARTS) is 1. The van der Waals surface area contributed by atoms with E-state index in [1.807, 2.05) is 0 Å². The van der Waals surface area contributed by atoms with Gasteiger partial charge in [0.15, 0.2) is 0 Å². The normalized spacial score (nSPS) is 14.5. The van der Waals surface area contributed by atoms with Gasteiger partial charge in [-0.2, -0.15) is 0 Å². The van der Waals surface area contributed by atoms with E-state index in [9.17, 15) is 14.4 Å². The van der Waals surface area contributed by atoms with E-state index in [2.05, 4.69) is 0 Å². The van der Waals surface area contributed by atoms with Crippen LogP contribution < -0.4 is 11.2 Å². The van der Waals surface area contributed by atoms with Gasteiger partial charge in [-0.05, 0) is 24.5 Å². The summed E-state index contributed by atoms with van der Waals surface area (Å²) < 4.78 is 2.33. The Labute approximate surface area is 120 Å². The molecule has 0 amide bonds. The molecule has 1 heterocycles. The van der Waals surface area contributed by atoms with Gasteiger partial charge in [0, 0.05) is 6.54 Å². The van der Waals surface area contributed by atoms with Gasteiger partial charge in [0.05, 0.1) is 10.9 Å². The fraction of sp³-hybridized carbons (Fsp3) is 0.400. The molecule has 0 bridgehead atoms. The number of nitrogens with zero attached hydrogens (tertiary/aromatic N) is 2. The fourth-order valence-electron chi connectivity index (χ4n) is 2.57. The van der Waals surface area contributed by atoms with E-state index in [1.165, 1.54) is 4.57 Å². The summed E-state index contributed by atoms with van der Waals surface area (Å²) in [6.07, 6.45) is 3.08. The highest BCUT2D eigenvalue weighted by atomic mass is 16.4. The van der Waals surface area contributed by atoms with Crippen molar-refractivity contribution in [2.24, 2.45) is 5.92 Å². The van der Waals surface area contributed by atoms with Gasteiger partial charge < -0.3 is 5.11 Å². The third-order valence-corrected chi connectivity index (χ3v) is 3.88. The first-order valence-electron chi connectivity index (χ1n) is 7.02. The van der Waals surface area contributed by atoms with Crippen LogP contribution in [0.1, 0.15) is 19.3 Å². The lowest BCUT2D eigenvalue weighted by molar-refractivity contribution is -0.137. The van der Waals surface area contributed by atoms with Crippen LogP contribution in [0.3, 0.4) is 0 Å². The molecule has 1 aliphatic rings. The van der Waals surface area contributed by atoms with E-state index < -0.39 is 18.2 Å². The number of hydrogen-bond donors (Lipinski definition) is 1. The molecule has 1 aliphatic carbocycles. The molecule has 1 fully saturated rings. The summed E-state index contributed by atoms with van der Waals surface area (Å²) in [7, 11) is 0. The second-order valence-electron chi connectivity index (χ2n) is 5.47. The third kappa shape index (κ3) is 2.61. The Bertz CT molecular complexity index is 815. The first-order chi connectivity index (χ1) is 10.1. The number of aliphatic carboxylic acids is 1. The molecule has 6 nitrogen and oxygen atoms in total. The van der Waals surface area contributed by atoms with E-state index >= 15 is 0 Å². The molecule has 1 N–H and O–H groups in total. The third-order valence-electron chi connectivity index (χ3n) is 3.88. The number of aromatic nitrogens is 2. The van der Waals surface area contributed by atoms with Gasteiger partial charge in [-0.3, -0.25) is 18.7 Å². The predicted molar refractivity (Wildman–Crippen MR) is 77.4 cm³/mol. The lowest BCUT2D eigenvalue weighted by Crippen LogP contribution is -2.41. The minimum absolute atomic E-state index is 0.335. The molecule has 1 saturated carbocycles. The summed E-state index contributed by atoms with van der Waals surface area (Å²) in [5.41, 5.74) is -0.503. The zero-order valence-electron chi connectivity index (χ0n) is 11.5. The van der Waals surface area contributed by atoms with Crippen molar-refractivity contribution in [1.29, 1.82) is 0 Å². The molecule has 1 aromatic carbocycles. The van der Waals surface area contributed by atoms with Crippen molar-refractivity contribution >= 4 is 16.9 Å².